The number of Topliss-reactive ketones (excluding diaryl/α,β-unsaturated/α-hetero) is 1. The molecule has 0 atom stereocenters. The average molecular weight is 409 g/mol. The number of likely N-dealkylation sites (tertiary alicyclic amines) is 1. The first-order chi connectivity index (χ1) is 13.7. The first-order valence-electron chi connectivity index (χ1n) is 9.59. The summed E-state index contributed by atoms with van der Waals surface area (Å²) >= 11 is 0. The van der Waals surface area contributed by atoms with Crippen molar-refractivity contribution in [3.05, 3.63) is 71.0 Å². The van der Waals surface area contributed by atoms with E-state index < -0.39 is 23.2 Å². The maximum absolute atomic E-state index is 13.3. The van der Waals surface area contributed by atoms with Crippen molar-refractivity contribution in [3.63, 3.8) is 0 Å². The van der Waals surface area contributed by atoms with Crippen molar-refractivity contribution in [1.82, 2.24) is 4.90 Å². The molecule has 0 saturated carbocycles. The minimum absolute atomic E-state index is 0.0707. The third kappa shape index (κ3) is 5.22. The first-order valence-corrected chi connectivity index (χ1v) is 9.59. The van der Waals surface area contributed by atoms with Crippen LogP contribution in [0.15, 0.2) is 48.5 Å². The monoisotopic (exact) mass is 409 g/mol. The first kappa shape index (κ1) is 21.5. The van der Waals surface area contributed by atoms with E-state index in [2.05, 4.69) is 0 Å². The van der Waals surface area contributed by atoms with E-state index in [-0.39, 0.29) is 24.2 Å². The van der Waals surface area contributed by atoms with Crippen molar-refractivity contribution in [2.45, 2.75) is 37.5 Å². The van der Waals surface area contributed by atoms with Gasteiger partial charge in [-0.3, -0.25) is 4.79 Å². The van der Waals surface area contributed by atoms with Crippen LogP contribution in [0.4, 0.5) is 17.6 Å². The summed E-state index contributed by atoms with van der Waals surface area (Å²) < 4.78 is 52.8. The van der Waals surface area contributed by atoms with E-state index in [1.807, 2.05) is 4.90 Å². The van der Waals surface area contributed by atoms with Crippen molar-refractivity contribution in [1.29, 1.82) is 0 Å². The Kier molecular flexibility index (Phi) is 6.39. The van der Waals surface area contributed by atoms with E-state index >= 15 is 0 Å². The fourth-order valence-electron chi connectivity index (χ4n) is 3.80. The fourth-order valence-corrected chi connectivity index (χ4v) is 3.80. The van der Waals surface area contributed by atoms with Gasteiger partial charge in [0.2, 0.25) is 0 Å². The molecule has 0 unspecified atom stereocenters. The van der Waals surface area contributed by atoms with E-state index in [1.165, 1.54) is 42.5 Å². The molecule has 7 heteroatoms. The molecule has 0 aromatic heterocycles. The molecule has 0 spiro atoms. The molecule has 2 aromatic rings. The molecule has 1 aliphatic heterocycles. The number of halogens is 4. The Hall–Kier alpha value is -2.25. The van der Waals surface area contributed by atoms with Gasteiger partial charge in [-0.15, -0.1) is 0 Å². The topological polar surface area (TPSA) is 40.5 Å². The van der Waals surface area contributed by atoms with E-state index in [9.17, 15) is 27.5 Å². The maximum Gasteiger partial charge on any atom is 0.416 e. The highest BCUT2D eigenvalue weighted by Gasteiger charge is 2.42. The normalized spacial score (nSPS) is 17.3. The standard InChI is InChI=1S/C22H23F4NO2/c23-17-9-7-16(8-10-17)20(28)6-3-13-27-14-11-21(29,12-15-27)18-4-1-2-5-19(18)22(24,25)26/h1-2,4-5,7-10,29H,3,6,11-15H2. The summed E-state index contributed by atoms with van der Waals surface area (Å²) in [4.78, 5) is 14.2. The zero-order chi connectivity index (χ0) is 21.1. The molecule has 1 heterocycles. The van der Waals surface area contributed by atoms with Crippen LogP contribution in [-0.2, 0) is 11.8 Å². The number of alkyl halides is 3. The number of nitrogens with zero attached hydrogens (tertiary/aromatic N) is 1. The van der Waals surface area contributed by atoms with Crippen LogP contribution in [0.3, 0.4) is 0 Å². The second-order valence-corrected chi connectivity index (χ2v) is 7.45. The average Bonchev–Trinajstić information content (AvgIpc) is 2.69. The maximum atomic E-state index is 13.3. The van der Waals surface area contributed by atoms with Crippen LogP contribution in [0.2, 0.25) is 0 Å². The van der Waals surface area contributed by atoms with Crippen LogP contribution in [0, 0.1) is 5.82 Å². The Morgan fingerprint density at radius 3 is 2.28 bits per heavy atom. The molecule has 0 aliphatic carbocycles. The highest BCUT2D eigenvalue weighted by molar-refractivity contribution is 5.95. The number of piperidine rings is 1. The third-order valence-corrected chi connectivity index (χ3v) is 5.46. The number of hydrogen-bond acceptors (Lipinski definition) is 3. The number of carbonyl (C=O) groups is 1. The van der Waals surface area contributed by atoms with Gasteiger partial charge in [-0.05, 0) is 61.7 Å². The summed E-state index contributed by atoms with van der Waals surface area (Å²) in [6.45, 7) is 1.52. The number of ketones is 1. The molecule has 0 bridgehead atoms. The predicted octanol–water partition coefficient (Wildman–Crippen LogP) is 4.79. The van der Waals surface area contributed by atoms with Gasteiger partial charge in [0.15, 0.2) is 5.78 Å². The molecule has 1 aliphatic rings. The second-order valence-electron chi connectivity index (χ2n) is 7.45. The van der Waals surface area contributed by atoms with Gasteiger partial charge in [0.1, 0.15) is 5.82 Å². The van der Waals surface area contributed by atoms with Crippen LogP contribution in [0.1, 0.15) is 47.2 Å². The Morgan fingerprint density at radius 2 is 1.66 bits per heavy atom. The van der Waals surface area contributed by atoms with E-state index in [1.54, 1.807) is 0 Å². The molecule has 156 valence electrons. The van der Waals surface area contributed by atoms with Crippen LogP contribution >= 0.6 is 0 Å². The highest BCUT2D eigenvalue weighted by Crippen LogP contribution is 2.41. The van der Waals surface area contributed by atoms with Gasteiger partial charge in [-0.1, -0.05) is 18.2 Å². The minimum Gasteiger partial charge on any atom is -0.385 e. The third-order valence-electron chi connectivity index (χ3n) is 5.46. The summed E-state index contributed by atoms with van der Waals surface area (Å²) in [5.41, 5.74) is -1.91. The summed E-state index contributed by atoms with van der Waals surface area (Å²) in [7, 11) is 0. The molecule has 3 nitrogen and oxygen atoms in total. The highest BCUT2D eigenvalue weighted by atomic mass is 19.4. The molecule has 1 fully saturated rings. The van der Waals surface area contributed by atoms with E-state index in [0.29, 0.717) is 38.0 Å². The molecule has 1 saturated heterocycles. The number of hydrogen-bond donors (Lipinski definition) is 1. The molecule has 29 heavy (non-hydrogen) atoms. The van der Waals surface area contributed by atoms with E-state index in [0.717, 1.165) is 6.07 Å². The molecule has 2 aromatic carbocycles. The van der Waals surface area contributed by atoms with Crippen LogP contribution < -0.4 is 0 Å². The number of aliphatic hydroxyl groups is 1. The van der Waals surface area contributed by atoms with Crippen molar-refractivity contribution >= 4 is 5.78 Å². The fraction of sp³-hybridized carbons (Fsp3) is 0.409. The van der Waals surface area contributed by atoms with Crippen molar-refractivity contribution in [2.24, 2.45) is 0 Å². The lowest BCUT2D eigenvalue weighted by atomic mass is 9.81. The number of benzene rings is 2. The largest absolute Gasteiger partial charge is 0.416 e. The van der Waals surface area contributed by atoms with Gasteiger partial charge in [0.25, 0.3) is 0 Å². The molecular weight excluding hydrogens is 386 g/mol. The lowest BCUT2D eigenvalue weighted by molar-refractivity contribution is -0.141. The Morgan fingerprint density at radius 1 is 1.03 bits per heavy atom. The van der Waals surface area contributed by atoms with Crippen molar-refractivity contribution in [2.75, 3.05) is 19.6 Å². The number of rotatable bonds is 6. The molecule has 0 amide bonds. The summed E-state index contributed by atoms with van der Waals surface area (Å²) in [5, 5.41) is 10.9. The van der Waals surface area contributed by atoms with Gasteiger partial charge in [0.05, 0.1) is 11.2 Å². The van der Waals surface area contributed by atoms with Gasteiger partial charge in [0, 0.05) is 25.1 Å². The lowest BCUT2D eigenvalue weighted by Gasteiger charge is -2.39. The van der Waals surface area contributed by atoms with Gasteiger partial charge < -0.3 is 10.0 Å². The Bertz CT molecular complexity index is 841. The van der Waals surface area contributed by atoms with Crippen LogP contribution in [-0.4, -0.2) is 35.4 Å². The Labute approximate surface area is 167 Å². The zero-order valence-electron chi connectivity index (χ0n) is 15.9. The molecule has 3 rings (SSSR count). The summed E-state index contributed by atoms with van der Waals surface area (Å²) in [6, 6.07) is 10.6. The van der Waals surface area contributed by atoms with Gasteiger partial charge >= 0.3 is 6.18 Å². The smallest absolute Gasteiger partial charge is 0.385 e. The van der Waals surface area contributed by atoms with E-state index in [4.69, 9.17) is 0 Å². The number of carbonyl (C=O) groups excluding carboxylic acids is 1. The quantitative estimate of drug-likeness (QED) is 0.551. The van der Waals surface area contributed by atoms with Crippen molar-refractivity contribution in [3.8, 4) is 0 Å². The van der Waals surface area contributed by atoms with Gasteiger partial charge in [-0.2, -0.15) is 13.2 Å². The summed E-state index contributed by atoms with van der Waals surface area (Å²) in [5.74, 6) is -0.466. The van der Waals surface area contributed by atoms with Gasteiger partial charge in [-0.25, -0.2) is 4.39 Å². The Balaban J connectivity index is 1.53. The lowest BCUT2D eigenvalue weighted by Crippen LogP contribution is -2.43. The van der Waals surface area contributed by atoms with Crippen molar-refractivity contribution < 1.29 is 27.5 Å². The molecule has 1 N–H and O–H groups in total. The minimum atomic E-state index is -4.51. The molecule has 0 radical (unpaired) electrons. The second kappa shape index (κ2) is 8.63. The zero-order valence-corrected chi connectivity index (χ0v) is 15.9. The summed E-state index contributed by atoms with van der Waals surface area (Å²) in [6.07, 6.45) is -3.21. The molecular formula is C22H23F4NO2. The SMILES string of the molecule is O=C(CCCN1CCC(O)(c2ccccc2C(F)(F)F)CC1)c1ccc(F)cc1. The predicted molar refractivity (Wildman–Crippen MR) is 101 cm³/mol. The van der Waals surface area contributed by atoms with Crippen LogP contribution in [0.5, 0.6) is 0 Å². The van der Waals surface area contributed by atoms with Crippen LogP contribution in [0.25, 0.3) is 0 Å².